The van der Waals surface area contributed by atoms with Crippen molar-refractivity contribution in [3.63, 3.8) is 0 Å². The van der Waals surface area contributed by atoms with Gasteiger partial charge in [0.25, 0.3) is 11.8 Å². The average Bonchev–Trinajstić information content (AvgIpc) is 3.23. The van der Waals surface area contributed by atoms with Crippen LogP contribution in [0.4, 0.5) is 11.4 Å². The van der Waals surface area contributed by atoms with Crippen molar-refractivity contribution >= 4 is 40.4 Å². The van der Waals surface area contributed by atoms with E-state index in [2.05, 4.69) is 15.5 Å². The van der Waals surface area contributed by atoms with E-state index in [1.165, 1.54) is 11.3 Å². The maximum absolute atomic E-state index is 13.4. The number of anilines is 2. The first kappa shape index (κ1) is 28.6. The van der Waals surface area contributed by atoms with Crippen molar-refractivity contribution in [2.24, 2.45) is 0 Å². The van der Waals surface area contributed by atoms with Gasteiger partial charge >= 0.3 is 0 Å². The second-order valence-electron chi connectivity index (χ2n) is 10.3. The lowest BCUT2D eigenvalue weighted by Gasteiger charge is -2.27. The van der Waals surface area contributed by atoms with Crippen molar-refractivity contribution in [3.05, 3.63) is 76.0 Å². The van der Waals surface area contributed by atoms with Crippen LogP contribution < -0.4 is 20.3 Å². The summed E-state index contributed by atoms with van der Waals surface area (Å²) in [5.74, 6) is 0.598. The van der Waals surface area contributed by atoms with Gasteiger partial charge in [-0.2, -0.15) is 0 Å². The minimum absolute atomic E-state index is 0.0329. The molecule has 2 aliphatic rings. The number of rotatable bonds is 7. The van der Waals surface area contributed by atoms with Gasteiger partial charge in [-0.3, -0.25) is 14.4 Å². The molecule has 2 aliphatic heterocycles. The van der Waals surface area contributed by atoms with E-state index < -0.39 is 0 Å². The van der Waals surface area contributed by atoms with Gasteiger partial charge in [0, 0.05) is 51.4 Å². The highest BCUT2D eigenvalue weighted by atomic mass is 32.1. The molecule has 0 saturated carbocycles. The van der Waals surface area contributed by atoms with Gasteiger partial charge in [0.15, 0.2) is 0 Å². The highest BCUT2D eigenvalue weighted by Crippen LogP contribution is 2.30. The van der Waals surface area contributed by atoms with Crippen molar-refractivity contribution in [2.75, 3.05) is 69.7 Å². The summed E-state index contributed by atoms with van der Waals surface area (Å²) in [7, 11) is 1.61. The predicted molar refractivity (Wildman–Crippen MR) is 162 cm³/mol. The fraction of sp³-hybridized carbons (Fsp3) is 0.387. The van der Waals surface area contributed by atoms with E-state index >= 15 is 0 Å². The van der Waals surface area contributed by atoms with E-state index in [4.69, 9.17) is 4.74 Å². The van der Waals surface area contributed by atoms with Gasteiger partial charge < -0.3 is 30.1 Å². The van der Waals surface area contributed by atoms with Crippen LogP contribution in [0.2, 0.25) is 0 Å². The van der Waals surface area contributed by atoms with Gasteiger partial charge in [-0.15, -0.1) is 11.3 Å². The molecular formula is C31H37N5O4S. The molecule has 3 amide bonds. The summed E-state index contributed by atoms with van der Waals surface area (Å²) in [5, 5.41) is 8.36. The summed E-state index contributed by atoms with van der Waals surface area (Å²) >= 11 is 1.46. The largest absolute Gasteiger partial charge is 0.497 e. The van der Waals surface area contributed by atoms with Crippen molar-refractivity contribution in [1.82, 2.24) is 15.1 Å². The Bertz CT molecular complexity index is 1340. The standard InChI is InChI=1S/C31H37N5O4S/c1-40-25-9-6-23(7-10-25)21-29(37)33-26-22-24(30(38)35-14-3-12-32-13-17-35)8-11-27(26)34-15-4-16-36(19-18-34)31(39)28-5-2-20-41-28/h2,5-11,20,22,32H,3-4,12-19,21H2,1H3,(H,33,37). The molecular weight excluding hydrogens is 538 g/mol. The second kappa shape index (κ2) is 13.6. The molecule has 41 heavy (non-hydrogen) atoms. The fourth-order valence-corrected chi connectivity index (χ4v) is 6.01. The van der Waals surface area contributed by atoms with E-state index in [1.54, 1.807) is 13.2 Å². The van der Waals surface area contributed by atoms with Crippen LogP contribution in [-0.4, -0.2) is 87.0 Å². The monoisotopic (exact) mass is 575 g/mol. The normalized spacial score (nSPS) is 16.1. The van der Waals surface area contributed by atoms with Crippen LogP contribution in [0.15, 0.2) is 60.0 Å². The molecule has 1 aromatic heterocycles. The minimum atomic E-state index is -0.163. The molecule has 2 N–H and O–H groups in total. The van der Waals surface area contributed by atoms with E-state index in [1.807, 2.05) is 63.7 Å². The third kappa shape index (κ3) is 7.25. The lowest BCUT2D eigenvalue weighted by Crippen LogP contribution is -2.35. The third-order valence-corrected chi connectivity index (χ3v) is 8.38. The zero-order valence-corrected chi connectivity index (χ0v) is 24.3. The molecule has 3 aromatic rings. The molecule has 0 aliphatic carbocycles. The Balaban J connectivity index is 1.36. The Morgan fingerprint density at radius 2 is 1.68 bits per heavy atom. The Morgan fingerprint density at radius 3 is 2.46 bits per heavy atom. The van der Waals surface area contributed by atoms with Crippen LogP contribution in [-0.2, 0) is 11.2 Å². The van der Waals surface area contributed by atoms with Crippen LogP contribution in [0.5, 0.6) is 5.75 Å². The van der Waals surface area contributed by atoms with Crippen LogP contribution >= 0.6 is 11.3 Å². The summed E-state index contributed by atoms with van der Waals surface area (Å²) in [6, 6.07) is 16.8. The first-order valence-corrected chi connectivity index (χ1v) is 15.0. The first-order chi connectivity index (χ1) is 20.0. The van der Waals surface area contributed by atoms with Gasteiger partial charge in [-0.25, -0.2) is 0 Å². The highest BCUT2D eigenvalue weighted by molar-refractivity contribution is 7.12. The molecule has 0 radical (unpaired) electrons. The van der Waals surface area contributed by atoms with Crippen molar-refractivity contribution in [1.29, 1.82) is 0 Å². The number of nitrogens with zero attached hydrogens (tertiary/aromatic N) is 3. The molecule has 0 unspecified atom stereocenters. The SMILES string of the molecule is COc1ccc(CC(=O)Nc2cc(C(=O)N3CCCNCC3)ccc2N2CCCN(C(=O)c3cccs3)CC2)cc1. The molecule has 0 spiro atoms. The first-order valence-electron chi connectivity index (χ1n) is 14.2. The van der Waals surface area contributed by atoms with E-state index in [0.29, 0.717) is 44.0 Å². The molecule has 216 valence electrons. The number of thiophene rings is 1. The number of carbonyl (C=O) groups is 3. The number of nitrogens with one attached hydrogen (secondary N) is 2. The molecule has 0 atom stereocenters. The topological polar surface area (TPSA) is 94.2 Å². The van der Waals surface area contributed by atoms with Gasteiger partial charge in [-0.05, 0) is 66.7 Å². The lowest BCUT2D eigenvalue weighted by atomic mass is 10.1. The number of benzene rings is 2. The summed E-state index contributed by atoms with van der Waals surface area (Å²) in [6.07, 6.45) is 1.91. The van der Waals surface area contributed by atoms with E-state index in [0.717, 1.165) is 54.4 Å². The summed E-state index contributed by atoms with van der Waals surface area (Å²) in [5.41, 5.74) is 2.89. The Morgan fingerprint density at radius 1 is 0.878 bits per heavy atom. The predicted octanol–water partition coefficient (Wildman–Crippen LogP) is 3.73. The highest BCUT2D eigenvalue weighted by Gasteiger charge is 2.24. The number of hydrogen-bond acceptors (Lipinski definition) is 7. The van der Waals surface area contributed by atoms with Gasteiger partial charge in [0.2, 0.25) is 5.91 Å². The third-order valence-electron chi connectivity index (χ3n) is 7.52. The second-order valence-corrected chi connectivity index (χ2v) is 11.3. The summed E-state index contributed by atoms with van der Waals surface area (Å²) in [4.78, 5) is 46.4. The van der Waals surface area contributed by atoms with E-state index in [-0.39, 0.29) is 24.1 Å². The Labute approximate surface area is 245 Å². The Hall–Kier alpha value is -3.89. The average molecular weight is 576 g/mol. The molecule has 2 saturated heterocycles. The number of amides is 3. The number of ether oxygens (including phenoxy) is 1. The number of methoxy groups -OCH3 is 1. The molecule has 10 heteroatoms. The zero-order valence-electron chi connectivity index (χ0n) is 23.4. The van der Waals surface area contributed by atoms with Crippen molar-refractivity contribution in [2.45, 2.75) is 19.3 Å². The fourth-order valence-electron chi connectivity index (χ4n) is 5.32. The molecule has 0 bridgehead atoms. The van der Waals surface area contributed by atoms with Gasteiger partial charge in [-0.1, -0.05) is 18.2 Å². The summed E-state index contributed by atoms with van der Waals surface area (Å²) in [6.45, 7) is 5.64. The molecule has 5 rings (SSSR count). The quantitative estimate of drug-likeness (QED) is 0.446. The number of hydrogen-bond donors (Lipinski definition) is 2. The lowest BCUT2D eigenvalue weighted by molar-refractivity contribution is -0.115. The molecule has 2 aromatic carbocycles. The van der Waals surface area contributed by atoms with Crippen LogP contribution in [0.25, 0.3) is 0 Å². The molecule has 2 fully saturated rings. The Kier molecular flexibility index (Phi) is 9.53. The molecule has 9 nitrogen and oxygen atoms in total. The van der Waals surface area contributed by atoms with E-state index in [9.17, 15) is 14.4 Å². The van der Waals surface area contributed by atoms with Crippen LogP contribution in [0.1, 0.15) is 38.4 Å². The van der Waals surface area contributed by atoms with Crippen molar-refractivity contribution in [3.8, 4) is 5.75 Å². The maximum atomic E-state index is 13.4. The van der Waals surface area contributed by atoms with Crippen LogP contribution in [0.3, 0.4) is 0 Å². The smallest absolute Gasteiger partial charge is 0.263 e. The number of carbonyl (C=O) groups excluding carboxylic acids is 3. The maximum Gasteiger partial charge on any atom is 0.263 e. The minimum Gasteiger partial charge on any atom is -0.497 e. The molecule has 3 heterocycles. The zero-order chi connectivity index (χ0) is 28.6. The summed E-state index contributed by atoms with van der Waals surface area (Å²) < 4.78 is 5.23. The van der Waals surface area contributed by atoms with Gasteiger partial charge in [0.1, 0.15) is 5.75 Å². The van der Waals surface area contributed by atoms with Crippen molar-refractivity contribution < 1.29 is 19.1 Å². The van der Waals surface area contributed by atoms with Crippen LogP contribution in [0, 0.1) is 0 Å². The van der Waals surface area contributed by atoms with Gasteiger partial charge in [0.05, 0.1) is 29.8 Å².